The highest BCUT2D eigenvalue weighted by molar-refractivity contribution is 7.14. The van der Waals surface area contributed by atoms with Gasteiger partial charge in [0.1, 0.15) is 12.4 Å². The smallest absolute Gasteiger partial charge is 0.311 e. The predicted octanol–water partition coefficient (Wildman–Crippen LogP) is 5.45. The summed E-state index contributed by atoms with van der Waals surface area (Å²) in [5, 5.41) is 12.6. The monoisotopic (exact) mass is 559 g/mol. The summed E-state index contributed by atoms with van der Waals surface area (Å²) in [4.78, 5) is 21.5. The van der Waals surface area contributed by atoms with Crippen LogP contribution in [0.25, 0.3) is 11.3 Å². The number of benzene rings is 2. The molecule has 1 aromatic heterocycles. The highest BCUT2D eigenvalue weighted by Gasteiger charge is 2.65. The summed E-state index contributed by atoms with van der Waals surface area (Å²) >= 11 is 1.59. The molecule has 7 rings (SSSR count). The van der Waals surface area contributed by atoms with E-state index >= 15 is 0 Å². The average molecular weight is 560 g/mol. The molecule has 3 fully saturated rings. The molecule has 3 aromatic rings. The first-order valence-corrected chi connectivity index (χ1v) is 15.4. The Morgan fingerprint density at radius 3 is 2.88 bits per heavy atom. The molecular weight excluding hydrogens is 522 g/mol. The lowest BCUT2D eigenvalue weighted by atomic mass is 9.90. The Balaban J connectivity index is 1.07. The Kier molecular flexibility index (Phi) is 6.60. The zero-order valence-corrected chi connectivity index (χ0v) is 24.1. The van der Waals surface area contributed by atoms with Crippen LogP contribution >= 0.6 is 11.3 Å². The third-order valence-electron chi connectivity index (χ3n) is 9.73. The highest BCUT2D eigenvalue weighted by Crippen LogP contribution is 2.58. The van der Waals surface area contributed by atoms with Gasteiger partial charge in [-0.15, -0.1) is 11.3 Å². The van der Waals surface area contributed by atoms with Crippen LogP contribution in [0.4, 0.5) is 5.13 Å². The molecule has 0 amide bonds. The van der Waals surface area contributed by atoms with Crippen molar-refractivity contribution in [3.63, 3.8) is 0 Å². The number of nitrogens with zero attached hydrogens (tertiary/aromatic N) is 3. The van der Waals surface area contributed by atoms with Crippen molar-refractivity contribution >= 4 is 22.4 Å². The molecule has 4 heterocycles. The van der Waals surface area contributed by atoms with Crippen LogP contribution in [0.2, 0.25) is 0 Å². The quantitative estimate of drug-likeness (QED) is 0.412. The molecule has 7 nitrogen and oxygen atoms in total. The Labute approximate surface area is 239 Å². The second-order valence-corrected chi connectivity index (χ2v) is 12.9. The highest BCUT2D eigenvalue weighted by atomic mass is 32.1. The standard InChI is InChI=1S/C32H37N3O4S/c1-20-4-3-5-27(28-18-40-31(33-28)35-16-24-14-32(24,19-35)30(36)37)29(20)39-17-23-7-6-22-15-34(11-8-26(22)21(23)2)25-9-12-38-13-10-25/h3-7,18,24-25H,8-17,19H2,1-2H3,(H,36,37)/t24-,32-/m0/s1. The number of aryl methyl sites for hydroxylation is 1. The molecule has 3 aliphatic heterocycles. The van der Waals surface area contributed by atoms with Crippen molar-refractivity contribution in [1.29, 1.82) is 0 Å². The van der Waals surface area contributed by atoms with Crippen LogP contribution in [0.1, 0.15) is 47.1 Å². The van der Waals surface area contributed by atoms with Crippen molar-refractivity contribution in [3.8, 4) is 17.0 Å². The van der Waals surface area contributed by atoms with Crippen molar-refractivity contribution in [2.45, 2.75) is 58.7 Å². The van der Waals surface area contributed by atoms with Gasteiger partial charge in [-0.3, -0.25) is 9.69 Å². The predicted molar refractivity (Wildman–Crippen MR) is 156 cm³/mol. The number of piperidine rings is 1. The van der Waals surface area contributed by atoms with Crippen LogP contribution in [-0.4, -0.2) is 59.8 Å². The summed E-state index contributed by atoms with van der Waals surface area (Å²) < 4.78 is 12.1. The van der Waals surface area contributed by atoms with Gasteiger partial charge in [-0.25, -0.2) is 4.98 Å². The van der Waals surface area contributed by atoms with Crippen LogP contribution in [0, 0.1) is 25.2 Å². The largest absolute Gasteiger partial charge is 0.488 e. The molecule has 0 radical (unpaired) electrons. The van der Waals surface area contributed by atoms with E-state index in [2.05, 4.69) is 59.4 Å². The van der Waals surface area contributed by atoms with Crippen molar-refractivity contribution in [2.75, 3.05) is 37.7 Å². The van der Waals surface area contributed by atoms with Crippen LogP contribution in [0.5, 0.6) is 5.75 Å². The number of thiazole rings is 1. The van der Waals surface area contributed by atoms with E-state index < -0.39 is 11.4 Å². The molecule has 0 spiro atoms. The fraction of sp³-hybridized carbons (Fsp3) is 0.500. The van der Waals surface area contributed by atoms with E-state index in [0.717, 1.165) is 86.2 Å². The summed E-state index contributed by atoms with van der Waals surface area (Å²) in [5.74, 6) is 0.453. The fourth-order valence-electron chi connectivity index (χ4n) is 7.12. The molecule has 2 atom stereocenters. The number of fused-ring (bicyclic) bond motifs is 2. The number of aliphatic carboxylic acids is 1. The van der Waals surface area contributed by atoms with Crippen LogP contribution in [-0.2, 0) is 29.1 Å². The number of rotatable bonds is 7. The van der Waals surface area contributed by atoms with Crippen molar-refractivity contribution in [3.05, 3.63) is 63.5 Å². The molecule has 4 aliphatic rings. The van der Waals surface area contributed by atoms with Gasteiger partial charge in [0.05, 0.1) is 11.1 Å². The van der Waals surface area contributed by atoms with E-state index in [0.29, 0.717) is 19.2 Å². The minimum Gasteiger partial charge on any atom is -0.488 e. The third kappa shape index (κ3) is 4.50. The van der Waals surface area contributed by atoms with Gasteiger partial charge in [0.25, 0.3) is 0 Å². The molecule has 2 saturated heterocycles. The third-order valence-corrected chi connectivity index (χ3v) is 10.6. The second-order valence-electron chi connectivity index (χ2n) is 12.0. The minimum absolute atomic E-state index is 0.250. The topological polar surface area (TPSA) is 75.1 Å². The first-order valence-electron chi connectivity index (χ1n) is 14.5. The maximum Gasteiger partial charge on any atom is 0.311 e. The van der Waals surface area contributed by atoms with E-state index in [1.165, 1.54) is 22.3 Å². The lowest BCUT2D eigenvalue weighted by molar-refractivity contribution is -0.143. The molecular formula is C32H37N3O4S. The molecule has 8 heteroatoms. The van der Waals surface area contributed by atoms with E-state index in [1.807, 2.05) is 0 Å². The second kappa shape index (κ2) is 10.2. The maximum atomic E-state index is 11.8. The number of hydrogen-bond acceptors (Lipinski definition) is 7. The maximum absolute atomic E-state index is 11.8. The van der Waals surface area contributed by atoms with Gasteiger partial charge < -0.3 is 19.5 Å². The van der Waals surface area contributed by atoms with Crippen LogP contribution < -0.4 is 9.64 Å². The molecule has 2 aromatic carbocycles. The first-order chi connectivity index (χ1) is 19.4. The normalized spacial score (nSPS) is 24.6. The summed E-state index contributed by atoms with van der Waals surface area (Å²) in [6.45, 7) is 10.1. The number of carbonyl (C=O) groups is 1. The summed E-state index contributed by atoms with van der Waals surface area (Å²) in [5.41, 5.74) is 7.94. The van der Waals surface area contributed by atoms with E-state index in [-0.39, 0.29) is 5.92 Å². The van der Waals surface area contributed by atoms with Gasteiger partial charge in [-0.1, -0.05) is 24.3 Å². The van der Waals surface area contributed by atoms with Crippen molar-refractivity contribution in [1.82, 2.24) is 9.88 Å². The zero-order chi connectivity index (χ0) is 27.4. The summed E-state index contributed by atoms with van der Waals surface area (Å²) in [6, 6.07) is 11.4. The number of hydrogen-bond donors (Lipinski definition) is 1. The van der Waals surface area contributed by atoms with E-state index in [4.69, 9.17) is 14.5 Å². The van der Waals surface area contributed by atoms with E-state index in [9.17, 15) is 9.90 Å². The lowest BCUT2D eigenvalue weighted by Gasteiger charge is -2.38. The molecule has 0 unspecified atom stereocenters. The SMILES string of the molecule is Cc1cccc(-c2csc(N3C[C@@H]4C[C@]4(C(=O)O)C3)n2)c1OCc1ccc2c(c1C)CCN(C1CCOCC1)C2. The molecule has 1 N–H and O–H groups in total. The average Bonchev–Trinajstić information content (AvgIpc) is 3.29. The Morgan fingerprint density at radius 1 is 1.23 bits per heavy atom. The summed E-state index contributed by atoms with van der Waals surface area (Å²) in [7, 11) is 0. The van der Waals surface area contributed by atoms with Gasteiger partial charge >= 0.3 is 5.97 Å². The Hall–Kier alpha value is -2.94. The van der Waals surface area contributed by atoms with Crippen LogP contribution in [0.3, 0.4) is 0 Å². The number of para-hydroxylation sites is 1. The Morgan fingerprint density at radius 2 is 2.08 bits per heavy atom. The molecule has 1 aliphatic carbocycles. The van der Waals surface area contributed by atoms with Gasteiger partial charge in [0.15, 0.2) is 5.13 Å². The number of ether oxygens (including phenoxy) is 2. The minimum atomic E-state index is -0.666. The van der Waals surface area contributed by atoms with E-state index in [1.54, 1.807) is 11.3 Å². The zero-order valence-electron chi connectivity index (χ0n) is 23.3. The Bertz CT molecular complexity index is 1450. The fourth-order valence-corrected chi connectivity index (χ4v) is 7.95. The van der Waals surface area contributed by atoms with Crippen molar-refractivity contribution in [2.24, 2.45) is 11.3 Å². The van der Waals surface area contributed by atoms with Crippen molar-refractivity contribution < 1.29 is 19.4 Å². The molecule has 40 heavy (non-hydrogen) atoms. The number of anilines is 1. The first kappa shape index (κ1) is 26.0. The number of aromatic nitrogens is 1. The van der Waals surface area contributed by atoms with Gasteiger partial charge in [0.2, 0.25) is 0 Å². The lowest BCUT2D eigenvalue weighted by Crippen LogP contribution is -2.42. The number of carboxylic acids is 1. The van der Waals surface area contributed by atoms with Crippen LogP contribution in [0.15, 0.2) is 35.7 Å². The summed E-state index contributed by atoms with van der Waals surface area (Å²) in [6.07, 6.45) is 4.16. The van der Waals surface area contributed by atoms with Gasteiger partial charge in [0, 0.05) is 56.4 Å². The van der Waals surface area contributed by atoms with Gasteiger partial charge in [-0.05, 0) is 79.3 Å². The molecule has 1 saturated carbocycles. The van der Waals surface area contributed by atoms with Gasteiger partial charge in [-0.2, -0.15) is 0 Å². The molecule has 210 valence electrons. The number of carboxylic acid groups (broad SMARTS) is 1. The molecule has 0 bridgehead atoms.